The Morgan fingerprint density at radius 1 is 1.45 bits per heavy atom. The van der Waals surface area contributed by atoms with Crippen LogP contribution in [0.25, 0.3) is 0 Å². The molecule has 1 amide bonds. The average molecular weight is 347 g/mol. The van der Waals surface area contributed by atoms with Gasteiger partial charge in [-0.15, -0.1) is 12.4 Å². The second-order valence-corrected chi connectivity index (χ2v) is 5.93. The van der Waals surface area contributed by atoms with Crippen LogP contribution >= 0.6 is 24.0 Å². The molecule has 0 aromatic heterocycles. The lowest BCUT2D eigenvalue weighted by Gasteiger charge is -2.31. The van der Waals surface area contributed by atoms with Crippen LogP contribution in [0.15, 0.2) is 24.3 Å². The number of nitrogens with zero attached hydrogens (tertiary/aromatic N) is 1. The van der Waals surface area contributed by atoms with E-state index in [1.807, 2.05) is 36.1 Å². The minimum Gasteiger partial charge on any atom is -0.380 e. The molecule has 0 aliphatic heterocycles. The number of rotatable bonds is 7. The van der Waals surface area contributed by atoms with Crippen LogP contribution in [0.2, 0.25) is 5.02 Å². The molecule has 4 nitrogen and oxygen atoms in total. The van der Waals surface area contributed by atoms with Crippen molar-refractivity contribution in [2.75, 3.05) is 13.7 Å². The smallest absolute Gasteiger partial charge is 0.225 e. The van der Waals surface area contributed by atoms with E-state index in [1.54, 1.807) is 7.11 Å². The van der Waals surface area contributed by atoms with E-state index >= 15 is 0 Å². The summed E-state index contributed by atoms with van der Waals surface area (Å²) in [6.45, 7) is 2.38. The number of amides is 1. The van der Waals surface area contributed by atoms with Crippen molar-refractivity contribution in [1.82, 2.24) is 4.90 Å². The maximum absolute atomic E-state index is 12.6. The lowest BCUT2D eigenvalue weighted by molar-refractivity contribution is -0.136. The third kappa shape index (κ3) is 4.59. The Morgan fingerprint density at radius 3 is 2.59 bits per heavy atom. The van der Waals surface area contributed by atoms with Gasteiger partial charge in [-0.3, -0.25) is 4.79 Å². The summed E-state index contributed by atoms with van der Waals surface area (Å²) in [5.41, 5.74) is 6.61. The van der Waals surface area contributed by atoms with E-state index in [-0.39, 0.29) is 30.5 Å². The van der Waals surface area contributed by atoms with Gasteiger partial charge < -0.3 is 15.4 Å². The Labute approximate surface area is 143 Å². The van der Waals surface area contributed by atoms with E-state index in [2.05, 4.69) is 0 Å². The molecule has 0 bridgehead atoms. The fourth-order valence-electron chi connectivity index (χ4n) is 2.62. The monoisotopic (exact) mass is 346 g/mol. The number of methoxy groups -OCH3 is 1. The zero-order valence-electron chi connectivity index (χ0n) is 13.0. The van der Waals surface area contributed by atoms with Gasteiger partial charge in [0.1, 0.15) is 0 Å². The van der Waals surface area contributed by atoms with Gasteiger partial charge in [0.25, 0.3) is 0 Å². The number of nitrogens with two attached hydrogens (primary N) is 1. The Balaban J connectivity index is 0.00000242. The number of carbonyl (C=O) groups excluding carboxylic acids is 1. The topological polar surface area (TPSA) is 55.6 Å². The van der Waals surface area contributed by atoms with Crippen LogP contribution in [0.4, 0.5) is 0 Å². The number of hydrogen-bond acceptors (Lipinski definition) is 3. The largest absolute Gasteiger partial charge is 0.380 e. The van der Waals surface area contributed by atoms with E-state index in [1.165, 1.54) is 0 Å². The summed E-state index contributed by atoms with van der Waals surface area (Å²) < 4.78 is 5.23. The summed E-state index contributed by atoms with van der Waals surface area (Å²) in [6.07, 6.45) is 2.21. The lowest BCUT2D eigenvalue weighted by Crippen LogP contribution is -2.39. The normalized spacial score (nSPS) is 16.5. The van der Waals surface area contributed by atoms with Crippen LogP contribution < -0.4 is 5.73 Å². The highest BCUT2D eigenvalue weighted by Gasteiger charge is 2.37. The minimum absolute atomic E-state index is 0. The Morgan fingerprint density at radius 2 is 2.09 bits per heavy atom. The standard InChI is InChI=1S/C16H23ClN2O2.ClH/c1-11(14-5-3-4-6-15(14)17)19(12-7-8-12)16(20)9-13(10-18)21-2;/h3-6,11-13H,7-10,18H2,1-2H3;1H. The predicted molar refractivity (Wildman–Crippen MR) is 91.5 cm³/mol. The van der Waals surface area contributed by atoms with Gasteiger partial charge in [0.05, 0.1) is 18.6 Å². The van der Waals surface area contributed by atoms with Crippen molar-refractivity contribution in [3.63, 3.8) is 0 Å². The summed E-state index contributed by atoms with van der Waals surface area (Å²) in [4.78, 5) is 14.6. The van der Waals surface area contributed by atoms with Crippen molar-refractivity contribution in [1.29, 1.82) is 0 Å². The van der Waals surface area contributed by atoms with Crippen LogP contribution in [-0.2, 0) is 9.53 Å². The van der Waals surface area contributed by atoms with E-state index in [9.17, 15) is 4.79 Å². The molecule has 1 aliphatic rings. The number of ether oxygens (including phenoxy) is 1. The van der Waals surface area contributed by atoms with Gasteiger partial charge in [0.15, 0.2) is 0 Å². The van der Waals surface area contributed by atoms with Gasteiger partial charge in [-0.2, -0.15) is 0 Å². The lowest BCUT2D eigenvalue weighted by atomic mass is 10.1. The number of hydrogen-bond donors (Lipinski definition) is 1. The Bertz CT molecular complexity index is 491. The molecule has 124 valence electrons. The van der Waals surface area contributed by atoms with Crippen LogP contribution in [0, 0.1) is 0 Å². The summed E-state index contributed by atoms with van der Waals surface area (Å²) >= 11 is 6.27. The van der Waals surface area contributed by atoms with Crippen LogP contribution in [-0.4, -0.2) is 36.6 Å². The third-order valence-corrected chi connectivity index (χ3v) is 4.34. The highest BCUT2D eigenvalue weighted by Crippen LogP contribution is 2.37. The van der Waals surface area contributed by atoms with Gasteiger partial charge in [-0.1, -0.05) is 29.8 Å². The Hall–Kier alpha value is -0.810. The molecule has 2 N–H and O–H groups in total. The number of halogens is 2. The first kappa shape index (κ1) is 19.2. The molecule has 0 saturated heterocycles. The van der Waals surface area contributed by atoms with E-state index in [0.29, 0.717) is 24.0 Å². The van der Waals surface area contributed by atoms with Gasteiger partial charge in [-0.25, -0.2) is 0 Å². The average Bonchev–Trinajstić information content (AvgIpc) is 3.30. The number of carbonyl (C=O) groups is 1. The zero-order chi connectivity index (χ0) is 15.4. The molecular formula is C16H24Cl2N2O2. The molecular weight excluding hydrogens is 323 g/mol. The van der Waals surface area contributed by atoms with Gasteiger partial charge in [0, 0.05) is 24.7 Å². The molecule has 1 aliphatic carbocycles. The molecule has 0 heterocycles. The maximum atomic E-state index is 12.6. The molecule has 1 aromatic carbocycles. The molecule has 1 fully saturated rings. The molecule has 1 aromatic rings. The maximum Gasteiger partial charge on any atom is 0.225 e. The summed E-state index contributed by atoms with van der Waals surface area (Å²) in [6, 6.07) is 7.98. The molecule has 2 unspecified atom stereocenters. The van der Waals surface area contributed by atoms with E-state index in [0.717, 1.165) is 18.4 Å². The van der Waals surface area contributed by atoms with E-state index < -0.39 is 0 Å². The van der Waals surface area contributed by atoms with Crippen molar-refractivity contribution in [2.24, 2.45) is 5.73 Å². The molecule has 2 rings (SSSR count). The second-order valence-electron chi connectivity index (χ2n) is 5.53. The third-order valence-electron chi connectivity index (χ3n) is 4.00. The van der Waals surface area contributed by atoms with Crippen molar-refractivity contribution in [2.45, 2.75) is 44.4 Å². The van der Waals surface area contributed by atoms with Crippen molar-refractivity contribution in [3.8, 4) is 0 Å². The summed E-state index contributed by atoms with van der Waals surface area (Å²) in [5.74, 6) is 0.0854. The first-order chi connectivity index (χ1) is 10.1. The molecule has 2 atom stereocenters. The van der Waals surface area contributed by atoms with Crippen LogP contribution in [0.3, 0.4) is 0 Å². The van der Waals surface area contributed by atoms with Gasteiger partial charge in [0.2, 0.25) is 5.91 Å². The molecule has 0 spiro atoms. The second kappa shape index (κ2) is 8.73. The fourth-order valence-corrected chi connectivity index (χ4v) is 2.91. The Kier molecular flexibility index (Phi) is 7.63. The first-order valence-electron chi connectivity index (χ1n) is 7.37. The summed E-state index contributed by atoms with van der Waals surface area (Å²) in [5, 5.41) is 0.700. The minimum atomic E-state index is -0.225. The van der Waals surface area contributed by atoms with E-state index in [4.69, 9.17) is 22.1 Å². The van der Waals surface area contributed by atoms with Crippen LogP contribution in [0.5, 0.6) is 0 Å². The van der Waals surface area contributed by atoms with Gasteiger partial charge >= 0.3 is 0 Å². The van der Waals surface area contributed by atoms with Crippen molar-refractivity contribution in [3.05, 3.63) is 34.9 Å². The molecule has 6 heteroatoms. The van der Waals surface area contributed by atoms with Crippen molar-refractivity contribution >= 4 is 29.9 Å². The van der Waals surface area contributed by atoms with Gasteiger partial charge in [-0.05, 0) is 31.4 Å². The highest BCUT2D eigenvalue weighted by molar-refractivity contribution is 6.31. The molecule has 1 saturated carbocycles. The van der Waals surface area contributed by atoms with Crippen molar-refractivity contribution < 1.29 is 9.53 Å². The quantitative estimate of drug-likeness (QED) is 0.824. The summed E-state index contributed by atoms with van der Waals surface area (Å²) in [7, 11) is 1.59. The predicted octanol–water partition coefficient (Wildman–Crippen LogP) is 3.18. The molecule has 0 radical (unpaired) electrons. The van der Waals surface area contributed by atoms with Crippen LogP contribution in [0.1, 0.15) is 37.8 Å². The number of benzene rings is 1. The highest BCUT2D eigenvalue weighted by atomic mass is 35.5. The fraction of sp³-hybridized carbons (Fsp3) is 0.562. The first-order valence-corrected chi connectivity index (χ1v) is 7.74. The SMILES string of the molecule is COC(CN)CC(=O)N(C1CC1)C(C)c1ccccc1Cl.Cl. The molecule has 22 heavy (non-hydrogen) atoms. The zero-order valence-corrected chi connectivity index (χ0v) is 14.6.